The molecule has 104 valence electrons. The zero-order valence-corrected chi connectivity index (χ0v) is 10.9. The lowest BCUT2D eigenvalue weighted by Gasteiger charge is -1.98. The SMILES string of the molecule is CCC=C(C)C(=O)O.Nc1cc(N)cc(C(=O)O)c1. The zero-order valence-electron chi connectivity index (χ0n) is 10.9. The molecule has 0 spiro atoms. The Morgan fingerprint density at radius 3 is 1.89 bits per heavy atom. The summed E-state index contributed by atoms with van der Waals surface area (Å²) in [7, 11) is 0. The molecule has 0 saturated carbocycles. The highest BCUT2D eigenvalue weighted by atomic mass is 16.4. The van der Waals surface area contributed by atoms with E-state index in [9.17, 15) is 9.59 Å². The molecule has 6 heteroatoms. The van der Waals surface area contributed by atoms with E-state index < -0.39 is 11.9 Å². The molecule has 6 nitrogen and oxygen atoms in total. The average Bonchev–Trinajstić information content (AvgIpc) is 2.28. The highest BCUT2D eigenvalue weighted by Gasteiger charge is 2.03. The summed E-state index contributed by atoms with van der Waals surface area (Å²) in [4.78, 5) is 20.4. The number of nitrogen functional groups attached to an aromatic ring is 2. The van der Waals surface area contributed by atoms with Crippen LogP contribution in [0.3, 0.4) is 0 Å². The van der Waals surface area contributed by atoms with Gasteiger partial charge in [0.25, 0.3) is 0 Å². The quantitative estimate of drug-likeness (QED) is 0.489. The molecule has 0 saturated heterocycles. The van der Waals surface area contributed by atoms with Crippen LogP contribution in [0.15, 0.2) is 29.8 Å². The molecule has 0 aliphatic heterocycles. The molecule has 0 heterocycles. The molecular formula is C13H18N2O4. The van der Waals surface area contributed by atoms with E-state index in [0.717, 1.165) is 6.42 Å². The Labute approximate surface area is 111 Å². The molecule has 0 fully saturated rings. The number of nitrogens with two attached hydrogens (primary N) is 2. The first kappa shape index (κ1) is 16.5. The molecule has 1 aromatic rings. The summed E-state index contributed by atoms with van der Waals surface area (Å²) < 4.78 is 0. The molecule has 0 unspecified atom stereocenters. The van der Waals surface area contributed by atoms with Crippen LogP contribution in [0.2, 0.25) is 0 Å². The third kappa shape index (κ3) is 6.72. The molecule has 0 radical (unpaired) electrons. The van der Waals surface area contributed by atoms with E-state index in [0.29, 0.717) is 16.9 Å². The van der Waals surface area contributed by atoms with E-state index in [-0.39, 0.29) is 5.56 Å². The number of hydrogen-bond donors (Lipinski definition) is 4. The number of carboxylic acids is 2. The molecule has 19 heavy (non-hydrogen) atoms. The summed E-state index contributed by atoms with van der Waals surface area (Å²) in [6.07, 6.45) is 2.47. The lowest BCUT2D eigenvalue weighted by molar-refractivity contribution is -0.132. The van der Waals surface area contributed by atoms with Gasteiger partial charge in [0, 0.05) is 16.9 Å². The van der Waals surface area contributed by atoms with E-state index in [4.69, 9.17) is 21.7 Å². The van der Waals surface area contributed by atoms with Crippen LogP contribution >= 0.6 is 0 Å². The lowest BCUT2D eigenvalue weighted by Crippen LogP contribution is -1.99. The smallest absolute Gasteiger partial charge is 0.335 e. The summed E-state index contributed by atoms with van der Waals surface area (Å²) in [6, 6.07) is 4.23. The minimum absolute atomic E-state index is 0.113. The van der Waals surface area contributed by atoms with Crippen molar-refractivity contribution < 1.29 is 19.8 Å². The third-order valence-electron chi connectivity index (χ3n) is 2.07. The Bertz CT molecular complexity index is 475. The molecule has 1 rings (SSSR count). The molecular weight excluding hydrogens is 248 g/mol. The molecule has 0 atom stereocenters. The fourth-order valence-electron chi connectivity index (χ4n) is 1.19. The number of benzene rings is 1. The number of carboxylic acid groups (broad SMARTS) is 2. The van der Waals surface area contributed by atoms with Crippen molar-refractivity contribution in [3.63, 3.8) is 0 Å². The number of carbonyl (C=O) groups is 2. The first-order valence-electron chi connectivity index (χ1n) is 5.57. The van der Waals surface area contributed by atoms with Gasteiger partial charge in [-0.15, -0.1) is 0 Å². The van der Waals surface area contributed by atoms with Crippen LogP contribution < -0.4 is 11.5 Å². The number of anilines is 2. The predicted octanol–water partition coefficient (Wildman–Crippen LogP) is 1.98. The highest BCUT2D eigenvalue weighted by Crippen LogP contribution is 2.12. The van der Waals surface area contributed by atoms with Gasteiger partial charge < -0.3 is 21.7 Å². The average molecular weight is 266 g/mol. The number of rotatable bonds is 3. The van der Waals surface area contributed by atoms with E-state index in [1.807, 2.05) is 6.92 Å². The summed E-state index contributed by atoms with van der Waals surface area (Å²) in [5, 5.41) is 16.8. The first-order chi connectivity index (χ1) is 8.77. The topological polar surface area (TPSA) is 127 Å². The monoisotopic (exact) mass is 266 g/mol. The second kappa shape index (κ2) is 7.75. The summed E-state index contributed by atoms with van der Waals surface area (Å²) >= 11 is 0. The van der Waals surface area contributed by atoms with Crippen LogP contribution in [-0.2, 0) is 4.79 Å². The van der Waals surface area contributed by atoms with E-state index >= 15 is 0 Å². The Morgan fingerprint density at radius 2 is 1.63 bits per heavy atom. The Hall–Kier alpha value is -2.50. The van der Waals surface area contributed by atoms with Crippen LogP contribution in [0.5, 0.6) is 0 Å². The Balaban J connectivity index is 0.000000362. The highest BCUT2D eigenvalue weighted by molar-refractivity contribution is 5.90. The van der Waals surface area contributed by atoms with Gasteiger partial charge in [-0.25, -0.2) is 9.59 Å². The van der Waals surface area contributed by atoms with Gasteiger partial charge in [-0.3, -0.25) is 0 Å². The third-order valence-corrected chi connectivity index (χ3v) is 2.07. The second-order valence-electron chi connectivity index (χ2n) is 3.79. The van der Waals surface area contributed by atoms with Crippen molar-refractivity contribution in [2.24, 2.45) is 0 Å². The number of aliphatic carboxylic acids is 1. The van der Waals surface area contributed by atoms with E-state index in [2.05, 4.69) is 0 Å². The molecule has 0 amide bonds. The van der Waals surface area contributed by atoms with Crippen molar-refractivity contribution in [3.05, 3.63) is 35.4 Å². The van der Waals surface area contributed by atoms with Gasteiger partial charge in [-0.1, -0.05) is 13.0 Å². The van der Waals surface area contributed by atoms with Crippen molar-refractivity contribution in [1.29, 1.82) is 0 Å². The van der Waals surface area contributed by atoms with Crippen LogP contribution in [0.4, 0.5) is 11.4 Å². The fraction of sp³-hybridized carbons (Fsp3) is 0.231. The van der Waals surface area contributed by atoms with Crippen LogP contribution in [0.1, 0.15) is 30.6 Å². The zero-order chi connectivity index (χ0) is 15.0. The van der Waals surface area contributed by atoms with Crippen molar-refractivity contribution in [2.45, 2.75) is 20.3 Å². The van der Waals surface area contributed by atoms with Crippen molar-refractivity contribution in [1.82, 2.24) is 0 Å². The van der Waals surface area contributed by atoms with Crippen molar-refractivity contribution in [3.8, 4) is 0 Å². The van der Waals surface area contributed by atoms with Crippen molar-refractivity contribution >= 4 is 23.3 Å². The molecule has 0 aliphatic rings. The standard InChI is InChI=1S/C7H8N2O2.C6H10O2/c8-5-1-4(7(10)11)2-6(9)3-5;1-3-4-5(2)6(7)8/h1-3H,8-9H2,(H,10,11);4H,3H2,1-2H3,(H,7,8). The minimum Gasteiger partial charge on any atom is -0.478 e. The number of aromatic carboxylic acids is 1. The minimum atomic E-state index is -1.02. The lowest BCUT2D eigenvalue weighted by atomic mass is 10.2. The van der Waals surface area contributed by atoms with Gasteiger partial charge in [0.05, 0.1) is 5.56 Å². The number of allylic oxidation sites excluding steroid dienone is 1. The fourth-order valence-corrected chi connectivity index (χ4v) is 1.19. The van der Waals surface area contributed by atoms with Gasteiger partial charge in [0.1, 0.15) is 0 Å². The molecule has 0 aliphatic carbocycles. The van der Waals surface area contributed by atoms with E-state index in [1.165, 1.54) is 18.2 Å². The largest absolute Gasteiger partial charge is 0.478 e. The first-order valence-corrected chi connectivity index (χ1v) is 5.57. The maximum atomic E-state index is 10.4. The van der Waals surface area contributed by atoms with Crippen LogP contribution in [-0.4, -0.2) is 22.2 Å². The molecule has 6 N–H and O–H groups in total. The van der Waals surface area contributed by atoms with Gasteiger partial charge >= 0.3 is 11.9 Å². The molecule has 1 aromatic carbocycles. The maximum Gasteiger partial charge on any atom is 0.335 e. The summed E-state index contributed by atoms with van der Waals surface area (Å²) in [6.45, 7) is 3.50. The second-order valence-corrected chi connectivity index (χ2v) is 3.79. The normalized spacial score (nSPS) is 10.3. The Morgan fingerprint density at radius 1 is 1.16 bits per heavy atom. The summed E-state index contributed by atoms with van der Waals surface area (Å²) in [5.74, 6) is -1.85. The summed E-state index contributed by atoms with van der Waals surface area (Å²) in [5.41, 5.74) is 12.0. The van der Waals surface area contributed by atoms with Gasteiger partial charge in [0.2, 0.25) is 0 Å². The van der Waals surface area contributed by atoms with Crippen LogP contribution in [0.25, 0.3) is 0 Å². The van der Waals surface area contributed by atoms with Crippen LogP contribution in [0, 0.1) is 0 Å². The van der Waals surface area contributed by atoms with Crippen molar-refractivity contribution in [2.75, 3.05) is 11.5 Å². The molecule has 0 aromatic heterocycles. The Kier molecular flexibility index (Phi) is 6.73. The van der Waals surface area contributed by atoms with E-state index in [1.54, 1.807) is 13.0 Å². The maximum absolute atomic E-state index is 10.4. The van der Waals surface area contributed by atoms with Gasteiger partial charge in [-0.2, -0.15) is 0 Å². The number of hydrogen-bond acceptors (Lipinski definition) is 4. The van der Waals surface area contributed by atoms with Gasteiger partial charge in [0.15, 0.2) is 0 Å². The predicted molar refractivity (Wildman–Crippen MR) is 73.9 cm³/mol. The molecule has 0 bridgehead atoms. The van der Waals surface area contributed by atoms with Gasteiger partial charge in [-0.05, 0) is 31.5 Å².